The van der Waals surface area contributed by atoms with Crippen molar-refractivity contribution in [1.29, 1.82) is 0 Å². The van der Waals surface area contributed by atoms with Crippen LogP contribution >= 0.6 is 0 Å². The van der Waals surface area contributed by atoms with Crippen molar-refractivity contribution < 1.29 is 28.2 Å². The first-order chi connectivity index (χ1) is 11.8. The number of carbonyl (C=O) groups excluding carboxylic acids is 1. The lowest BCUT2D eigenvalue weighted by atomic mass is 9.88. The molecular weight excluding hydrogens is 332 g/mol. The van der Waals surface area contributed by atoms with Crippen molar-refractivity contribution in [2.45, 2.75) is 52.0 Å². The van der Waals surface area contributed by atoms with Crippen molar-refractivity contribution in [2.75, 3.05) is 13.1 Å². The predicted molar refractivity (Wildman–Crippen MR) is 90.0 cm³/mol. The van der Waals surface area contributed by atoms with E-state index in [1.165, 1.54) is 36.1 Å². The highest BCUT2D eigenvalue weighted by molar-refractivity contribution is 5.80. The Labute approximate surface area is 146 Å². The number of carbonyl (C=O) groups is 2. The molecule has 0 saturated heterocycles. The molecule has 0 radical (unpaired) electrons. The Morgan fingerprint density at radius 1 is 1.16 bits per heavy atom. The van der Waals surface area contributed by atoms with Crippen molar-refractivity contribution in [3.63, 3.8) is 0 Å². The summed E-state index contributed by atoms with van der Waals surface area (Å²) in [5, 5.41) is 9.66. The molecule has 25 heavy (non-hydrogen) atoms. The molecule has 1 rings (SSSR count). The molecule has 0 amide bonds. The number of hydrogen-bond donors (Lipinski definition) is 1. The van der Waals surface area contributed by atoms with Gasteiger partial charge in [-0.05, 0) is 43.6 Å². The normalized spacial score (nSPS) is 13.7. The van der Waals surface area contributed by atoms with Gasteiger partial charge >= 0.3 is 11.9 Å². The molecule has 1 aromatic carbocycles. The van der Waals surface area contributed by atoms with Crippen LogP contribution in [0.25, 0.3) is 0 Å². The van der Waals surface area contributed by atoms with Gasteiger partial charge in [-0.3, -0.25) is 9.69 Å². The number of esters is 1. The molecule has 0 aliphatic heterocycles. The molecule has 0 aromatic heterocycles. The quantitative estimate of drug-likeness (QED) is 0.514. The molecule has 0 aliphatic rings. The van der Waals surface area contributed by atoms with Crippen molar-refractivity contribution in [1.82, 2.24) is 4.90 Å². The monoisotopic (exact) mass is 357 g/mol. The first-order valence-electron chi connectivity index (χ1n) is 8.31. The highest BCUT2D eigenvalue weighted by atomic mass is 19.3. The average Bonchev–Trinajstić information content (AvgIpc) is 2.53. The number of halogens is 2. The molecule has 1 N–H and O–H groups in total. The van der Waals surface area contributed by atoms with E-state index < -0.39 is 23.9 Å². The van der Waals surface area contributed by atoms with Crippen molar-refractivity contribution in [3.05, 3.63) is 29.8 Å². The molecule has 1 aromatic rings. The number of hydrogen-bond acceptors (Lipinski definition) is 4. The summed E-state index contributed by atoms with van der Waals surface area (Å²) in [5.74, 6) is -1.74. The van der Waals surface area contributed by atoms with Crippen molar-refractivity contribution in [2.24, 2.45) is 0 Å². The van der Waals surface area contributed by atoms with Crippen molar-refractivity contribution in [3.8, 4) is 5.75 Å². The fourth-order valence-electron chi connectivity index (χ4n) is 2.83. The Balaban J connectivity index is 3.19. The molecular formula is C18H25F2NO4. The summed E-state index contributed by atoms with van der Waals surface area (Å²) in [6.07, 6.45) is -2.23. The fourth-order valence-corrected chi connectivity index (χ4v) is 2.83. The Kier molecular flexibility index (Phi) is 7.96. The summed E-state index contributed by atoms with van der Waals surface area (Å²) < 4.78 is 32.8. The minimum atomic E-state index is -3.05. The number of rotatable bonds is 10. The van der Waals surface area contributed by atoms with Crippen LogP contribution < -0.4 is 4.74 Å². The minimum absolute atomic E-state index is 0.274. The molecule has 1 unspecified atom stereocenters. The Morgan fingerprint density at radius 3 is 2.04 bits per heavy atom. The zero-order chi connectivity index (χ0) is 19.0. The number of carboxylic acids is 1. The minimum Gasteiger partial charge on any atom is -0.480 e. The average molecular weight is 357 g/mol. The van der Waals surface area contributed by atoms with Gasteiger partial charge in [0.05, 0.1) is 0 Å². The van der Waals surface area contributed by atoms with Crippen LogP contribution in [0, 0.1) is 0 Å². The zero-order valence-electron chi connectivity index (χ0n) is 14.8. The van der Waals surface area contributed by atoms with Gasteiger partial charge in [0.25, 0.3) is 6.43 Å². The molecule has 5 nitrogen and oxygen atoms in total. The lowest BCUT2D eigenvalue weighted by molar-refractivity contribution is -0.164. The van der Waals surface area contributed by atoms with Gasteiger partial charge < -0.3 is 9.84 Å². The van der Waals surface area contributed by atoms with Crippen LogP contribution in [-0.4, -0.2) is 47.0 Å². The van der Waals surface area contributed by atoms with E-state index in [1.54, 1.807) is 0 Å². The lowest BCUT2D eigenvalue weighted by Crippen LogP contribution is -2.61. The smallest absolute Gasteiger partial charge is 0.330 e. The molecule has 7 heteroatoms. The standard InChI is InChI=1S/C18H25F2NO4/c1-4-10-21(11-5-2)18(16(19)20,17(23)24)12-14-6-8-15(9-7-14)25-13(3)22/h6-9,16H,4-5,10-12H2,1-3H3,(H,23,24). The molecule has 0 spiro atoms. The van der Waals surface area contributed by atoms with E-state index in [0.717, 1.165) is 0 Å². The maximum atomic E-state index is 13.9. The third-order valence-electron chi connectivity index (χ3n) is 3.94. The number of ether oxygens (including phenoxy) is 1. The van der Waals surface area contributed by atoms with E-state index >= 15 is 0 Å². The number of alkyl halides is 2. The molecule has 0 heterocycles. The van der Waals surface area contributed by atoms with E-state index in [-0.39, 0.29) is 25.3 Å². The van der Waals surface area contributed by atoms with Crippen LogP contribution in [0.1, 0.15) is 39.2 Å². The van der Waals surface area contributed by atoms with E-state index in [4.69, 9.17) is 4.74 Å². The summed E-state index contributed by atoms with van der Waals surface area (Å²) in [6.45, 7) is 5.46. The van der Waals surface area contributed by atoms with Gasteiger partial charge in [0.15, 0.2) is 5.54 Å². The van der Waals surface area contributed by atoms with Gasteiger partial charge in [0, 0.05) is 13.3 Å². The van der Waals surface area contributed by atoms with Crippen LogP contribution in [0.15, 0.2) is 24.3 Å². The molecule has 140 valence electrons. The second kappa shape index (κ2) is 9.46. The Bertz CT molecular complexity index is 571. The largest absolute Gasteiger partial charge is 0.480 e. The number of carboxylic acid groups (broad SMARTS) is 1. The first kappa shape index (κ1) is 21.0. The number of nitrogens with zero attached hydrogens (tertiary/aromatic N) is 1. The van der Waals surface area contributed by atoms with Crippen LogP contribution in [0.2, 0.25) is 0 Å². The topological polar surface area (TPSA) is 66.8 Å². The van der Waals surface area contributed by atoms with E-state index in [9.17, 15) is 23.5 Å². The van der Waals surface area contributed by atoms with Crippen LogP contribution in [0.5, 0.6) is 5.75 Å². The molecule has 0 bridgehead atoms. The molecule has 1 atom stereocenters. The van der Waals surface area contributed by atoms with Crippen LogP contribution in [0.4, 0.5) is 8.78 Å². The third kappa shape index (κ3) is 5.22. The van der Waals surface area contributed by atoms with Gasteiger partial charge in [0.2, 0.25) is 0 Å². The predicted octanol–water partition coefficient (Wildman–Crippen LogP) is 3.36. The Morgan fingerprint density at radius 2 is 1.68 bits per heavy atom. The lowest BCUT2D eigenvalue weighted by Gasteiger charge is -2.40. The number of benzene rings is 1. The summed E-state index contributed by atoms with van der Waals surface area (Å²) in [5.41, 5.74) is -1.84. The van der Waals surface area contributed by atoms with E-state index in [1.807, 2.05) is 13.8 Å². The molecule has 0 saturated carbocycles. The van der Waals surface area contributed by atoms with Gasteiger partial charge in [-0.1, -0.05) is 26.0 Å². The maximum Gasteiger partial charge on any atom is 0.330 e. The summed E-state index contributed by atoms with van der Waals surface area (Å²) >= 11 is 0. The zero-order valence-corrected chi connectivity index (χ0v) is 14.8. The van der Waals surface area contributed by atoms with Gasteiger partial charge in [-0.2, -0.15) is 0 Å². The van der Waals surface area contributed by atoms with Gasteiger partial charge in [-0.25, -0.2) is 13.6 Å². The van der Waals surface area contributed by atoms with Crippen LogP contribution in [0.3, 0.4) is 0 Å². The summed E-state index contributed by atoms with van der Waals surface area (Å²) in [7, 11) is 0. The number of aliphatic carboxylic acids is 1. The fraction of sp³-hybridized carbons (Fsp3) is 0.556. The van der Waals surface area contributed by atoms with Gasteiger partial charge in [0.1, 0.15) is 5.75 Å². The van der Waals surface area contributed by atoms with Gasteiger partial charge in [-0.15, -0.1) is 0 Å². The second-order valence-corrected chi connectivity index (χ2v) is 5.93. The van der Waals surface area contributed by atoms with E-state index in [0.29, 0.717) is 18.4 Å². The second-order valence-electron chi connectivity index (χ2n) is 5.93. The van der Waals surface area contributed by atoms with E-state index in [2.05, 4.69) is 0 Å². The molecule has 0 fully saturated rings. The first-order valence-corrected chi connectivity index (χ1v) is 8.31. The third-order valence-corrected chi connectivity index (χ3v) is 3.94. The van der Waals surface area contributed by atoms with Crippen LogP contribution in [-0.2, 0) is 16.0 Å². The highest BCUT2D eigenvalue weighted by Crippen LogP contribution is 2.30. The highest BCUT2D eigenvalue weighted by Gasteiger charge is 2.52. The SMILES string of the molecule is CCCN(CCC)C(Cc1ccc(OC(C)=O)cc1)(C(=O)O)C(F)F. The molecule has 0 aliphatic carbocycles. The summed E-state index contributed by atoms with van der Waals surface area (Å²) in [4.78, 5) is 24.2. The summed E-state index contributed by atoms with van der Waals surface area (Å²) in [6, 6.07) is 5.96. The Hall–Kier alpha value is -2.02. The van der Waals surface area contributed by atoms with Crippen molar-refractivity contribution >= 4 is 11.9 Å². The maximum absolute atomic E-state index is 13.9.